The van der Waals surface area contributed by atoms with E-state index >= 15 is 0 Å². The number of nitrogens with one attached hydrogen (secondary N) is 1. The average molecular weight is 378 g/mol. The van der Waals surface area contributed by atoms with E-state index in [1.165, 1.54) is 5.56 Å². The predicted molar refractivity (Wildman–Crippen MR) is 108 cm³/mol. The van der Waals surface area contributed by atoms with Crippen molar-refractivity contribution in [3.8, 4) is 5.75 Å². The molecule has 0 spiro atoms. The molecule has 26 heavy (non-hydrogen) atoms. The predicted octanol–water partition coefficient (Wildman–Crippen LogP) is 2.24. The highest BCUT2D eigenvalue weighted by Gasteiger charge is 2.11. The van der Waals surface area contributed by atoms with Crippen LogP contribution in [0, 0.1) is 0 Å². The van der Waals surface area contributed by atoms with Gasteiger partial charge in [0.15, 0.2) is 0 Å². The second-order valence-electron chi connectivity index (χ2n) is 5.89. The van der Waals surface area contributed by atoms with E-state index in [4.69, 9.17) is 10.5 Å². The van der Waals surface area contributed by atoms with E-state index in [-0.39, 0.29) is 18.3 Å². The van der Waals surface area contributed by atoms with E-state index in [9.17, 15) is 4.79 Å². The van der Waals surface area contributed by atoms with Crippen LogP contribution in [0.4, 0.5) is 0 Å². The zero-order chi connectivity index (χ0) is 17.9. The molecule has 3 N–H and O–H groups in total. The highest BCUT2D eigenvalue weighted by Crippen LogP contribution is 2.16. The number of amides is 1. The first-order valence-electron chi connectivity index (χ1n) is 8.58. The van der Waals surface area contributed by atoms with E-state index in [1.54, 1.807) is 7.11 Å². The number of ether oxygens (including phenoxy) is 1. The first-order valence-corrected chi connectivity index (χ1v) is 8.58. The highest BCUT2D eigenvalue weighted by atomic mass is 35.5. The number of hydrogen-bond donors (Lipinski definition) is 2. The molecule has 0 aliphatic carbocycles. The van der Waals surface area contributed by atoms with Crippen LogP contribution in [-0.2, 0) is 17.8 Å². The molecule has 0 aromatic heterocycles. The maximum atomic E-state index is 12.3. The lowest BCUT2D eigenvalue weighted by atomic mass is 10.1. The molecule has 0 unspecified atom stereocenters. The molecule has 0 aliphatic rings. The highest BCUT2D eigenvalue weighted by molar-refractivity contribution is 5.85. The zero-order valence-electron chi connectivity index (χ0n) is 15.2. The number of rotatable bonds is 10. The number of carbonyl (C=O) groups excluding carboxylic acids is 1. The summed E-state index contributed by atoms with van der Waals surface area (Å²) in [7, 11) is 1.63. The number of benzene rings is 2. The Morgan fingerprint density at radius 2 is 1.77 bits per heavy atom. The molecule has 142 valence electrons. The van der Waals surface area contributed by atoms with Crippen LogP contribution in [0.3, 0.4) is 0 Å². The minimum absolute atomic E-state index is 0. The summed E-state index contributed by atoms with van der Waals surface area (Å²) in [5.41, 5.74) is 7.92. The van der Waals surface area contributed by atoms with Gasteiger partial charge in [-0.05, 0) is 18.1 Å². The number of para-hydroxylation sites is 1. The summed E-state index contributed by atoms with van der Waals surface area (Å²) in [6.45, 7) is 2.85. The summed E-state index contributed by atoms with van der Waals surface area (Å²) in [6, 6.07) is 18.0. The normalized spacial score (nSPS) is 10.3. The Hall–Kier alpha value is -2.08. The molecule has 0 saturated carbocycles. The number of nitrogens with two attached hydrogens (primary N) is 1. The van der Waals surface area contributed by atoms with Gasteiger partial charge in [-0.1, -0.05) is 48.5 Å². The van der Waals surface area contributed by atoms with Gasteiger partial charge in [0, 0.05) is 31.7 Å². The summed E-state index contributed by atoms with van der Waals surface area (Å²) in [5.74, 6) is 0.776. The number of halogens is 1. The third-order valence-corrected chi connectivity index (χ3v) is 4.04. The Kier molecular flexibility index (Phi) is 10.4. The Bertz CT molecular complexity index is 653. The fourth-order valence-corrected chi connectivity index (χ4v) is 2.69. The average Bonchev–Trinajstić information content (AvgIpc) is 2.65. The van der Waals surface area contributed by atoms with Crippen LogP contribution in [0.1, 0.15) is 11.1 Å². The third-order valence-electron chi connectivity index (χ3n) is 4.04. The van der Waals surface area contributed by atoms with E-state index in [1.807, 2.05) is 42.5 Å². The number of carbonyl (C=O) groups is 1. The molecule has 6 heteroatoms. The first kappa shape index (κ1) is 22.0. The monoisotopic (exact) mass is 377 g/mol. The van der Waals surface area contributed by atoms with Crippen molar-refractivity contribution < 1.29 is 9.53 Å². The van der Waals surface area contributed by atoms with Crippen molar-refractivity contribution in [2.45, 2.75) is 13.0 Å². The van der Waals surface area contributed by atoms with Gasteiger partial charge >= 0.3 is 0 Å². The van der Waals surface area contributed by atoms with Gasteiger partial charge in [0.2, 0.25) is 5.91 Å². The van der Waals surface area contributed by atoms with Crippen molar-refractivity contribution >= 4 is 18.3 Å². The van der Waals surface area contributed by atoms with Crippen LogP contribution in [0.25, 0.3) is 0 Å². The molecular weight excluding hydrogens is 350 g/mol. The zero-order valence-corrected chi connectivity index (χ0v) is 16.0. The quantitative estimate of drug-likeness (QED) is 0.666. The van der Waals surface area contributed by atoms with Crippen molar-refractivity contribution in [2.75, 3.05) is 33.3 Å². The molecule has 2 aromatic rings. The minimum atomic E-state index is -0.00702. The largest absolute Gasteiger partial charge is 0.496 e. The Labute approximate surface area is 161 Å². The van der Waals surface area contributed by atoms with Gasteiger partial charge in [-0.15, -0.1) is 12.4 Å². The lowest BCUT2D eigenvalue weighted by molar-refractivity contribution is -0.122. The van der Waals surface area contributed by atoms with Crippen molar-refractivity contribution in [2.24, 2.45) is 5.73 Å². The summed E-state index contributed by atoms with van der Waals surface area (Å²) < 4.78 is 5.31. The topological polar surface area (TPSA) is 67.6 Å². The van der Waals surface area contributed by atoms with Gasteiger partial charge in [-0.3, -0.25) is 9.69 Å². The standard InChI is InChI=1S/C20H27N3O2.ClH/c1-25-19-10-6-5-9-18(19)15-22-20(24)16-23(14-12-21)13-11-17-7-3-2-4-8-17;/h2-10H,11-16,21H2,1H3,(H,22,24);1H. The van der Waals surface area contributed by atoms with Crippen LogP contribution in [0.15, 0.2) is 54.6 Å². The Morgan fingerprint density at radius 3 is 2.46 bits per heavy atom. The van der Waals surface area contributed by atoms with E-state index in [0.717, 1.165) is 24.3 Å². The van der Waals surface area contributed by atoms with Gasteiger partial charge in [-0.25, -0.2) is 0 Å². The molecule has 0 radical (unpaired) electrons. The number of nitrogens with zero attached hydrogens (tertiary/aromatic N) is 1. The summed E-state index contributed by atoms with van der Waals surface area (Å²) in [5, 5.41) is 2.96. The van der Waals surface area contributed by atoms with E-state index < -0.39 is 0 Å². The molecule has 0 atom stereocenters. The molecule has 5 nitrogen and oxygen atoms in total. The molecule has 0 fully saturated rings. The molecule has 0 bridgehead atoms. The molecule has 2 rings (SSSR count). The Morgan fingerprint density at radius 1 is 1.08 bits per heavy atom. The van der Waals surface area contributed by atoms with Gasteiger partial charge in [0.1, 0.15) is 5.75 Å². The summed E-state index contributed by atoms with van der Waals surface area (Å²) in [6.07, 6.45) is 0.903. The molecule has 0 aliphatic heterocycles. The third kappa shape index (κ3) is 7.44. The maximum absolute atomic E-state index is 12.3. The second-order valence-corrected chi connectivity index (χ2v) is 5.89. The van der Waals surface area contributed by atoms with Crippen molar-refractivity contribution in [1.29, 1.82) is 0 Å². The number of hydrogen-bond acceptors (Lipinski definition) is 4. The van der Waals surface area contributed by atoms with Gasteiger partial charge < -0.3 is 15.8 Å². The molecular formula is C20H28ClN3O2. The van der Waals surface area contributed by atoms with Gasteiger partial charge in [0.05, 0.1) is 13.7 Å². The van der Waals surface area contributed by atoms with Crippen molar-refractivity contribution in [3.05, 3.63) is 65.7 Å². The van der Waals surface area contributed by atoms with E-state index in [0.29, 0.717) is 26.2 Å². The summed E-state index contributed by atoms with van der Waals surface area (Å²) >= 11 is 0. The molecule has 2 aromatic carbocycles. The SMILES string of the molecule is COc1ccccc1CNC(=O)CN(CCN)CCc1ccccc1.Cl. The fraction of sp³-hybridized carbons (Fsp3) is 0.350. The summed E-state index contributed by atoms with van der Waals surface area (Å²) in [4.78, 5) is 14.4. The Balaban J connectivity index is 0.00000338. The smallest absolute Gasteiger partial charge is 0.234 e. The van der Waals surface area contributed by atoms with Crippen molar-refractivity contribution in [3.63, 3.8) is 0 Å². The van der Waals surface area contributed by atoms with E-state index in [2.05, 4.69) is 22.3 Å². The van der Waals surface area contributed by atoms with Crippen LogP contribution < -0.4 is 15.8 Å². The van der Waals surface area contributed by atoms with Gasteiger partial charge in [0.25, 0.3) is 0 Å². The number of methoxy groups -OCH3 is 1. The molecule has 1 amide bonds. The maximum Gasteiger partial charge on any atom is 0.234 e. The second kappa shape index (κ2) is 12.3. The first-order chi connectivity index (χ1) is 12.2. The van der Waals surface area contributed by atoms with Crippen LogP contribution in [0.5, 0.6) is 5.75 Å². The molecule has 0 saturated heterocycles. The van der Waals surface area contributed by atoms with Crippen LogP contribution >= 0.6 is 12.4 Å². The van der Waals surface area contributed by atoms with Crippen LogP contribution in [0.2, 0.25) is 0 Å². The van der Waals surface area contributed by atoms with Crippen LogP contribution in [-0.4, -0.2) is 44.1 Å². The lowest BCUT2D eigenvalue weighted by Crippen LogP contribution is -2.40. The van der Waals surface area contributed by atoms with Gasteiger partial charge in [-0.2, -0.15) is 0 Å². The molecule has 0 heterocycles. The lowest BCUT2D eigenvalue weighted by Gasteiger charge is -2.21. The van der Waals surface area contributed by atoms with Crippen molar-refractivity contribution in [1.82, 2.24) is 10.2 Å². The fourth-order valence-electron chi connectivity index (χ4n) is 2.69. The minimum Gasteiger partial charge on any atom is -0.496 e.